The molecule has 1 N–H and O–H groups in total. The molecule has 0 fully saturated rings. The van der Waals surface area contributed by atoms with Crippen LogP contribution in [0.1, 0.15) is 15.6 Å². The molecule has 0 radical (unpaired) electrons. The third-order valence-electron chi connectivity index (χ3n) is 2.70. The van der Waals surface area contributed by atoms with Crippen molar-refractivity contribution in [2.45, 2.75) is 20.3 Å². The third-order valence-corrected chi connectivity index (χ3v) is 3.77. The second-order valence-electron chi connectivity index (χ2n) is 4.17. The first-order valence-electron chi connectivity index (χ1n) is 5.96. The standard InChI is InChI=1S/C14H16N2O2S/c1-9-13(19-10(2)15-9)8-14(17)16-11-6-4-5-7-12(11)18-3/h4-7H,8H2,1-3H3,(H,16,17). The number of carbonyl (C=O) groups excluding carboxylic acids is 1. The maximum atomic E-state index is 12.0. The maximum Gasteiger partial charge on any atom is 0.229 e. The zero-order chi connectivity index (χ0) is 13.8. The van der Waals surface area contributed by atoms with E-state index in [1.54, 1.807) is 18.4 Å². The summed E-state index contributed by atoms with van der Waals surface area (Å²) < 4.78 is 5.20. The number of anilines is 1. The van der Waals surface area contributed by atoms with Crippen LogP contribution >= 0.6 is 11.3 Å². The fourth-order valence-electron chi connectivity index (χ4n) is 1.83. The van der Waals surface area contributed by atoms with E-state index in [9.17, 15) is 4.79 Å². The summed E-state index contributed by atoms with van der Waals surface area (Å²) >= 11 is 1.56. The van der Waals surface area contributed by atoms with Gasteiger partial charge in [0.15, 0.2) is 0 Å². The van der Waals surface area contributed by atoms with E-state index in [0.29, 0.717) is 17.9 Å². The molecule has 2 rings (SSSR count). The minimum atomic E-state index is -0.0590. The Morgan fingerprint density at radius 2 is 2.11 bits per heavy atom. The zero-order valence-corrected chi connectivity index (χ0v) is 12.0. The predicted octanol–water partition coefficient (Wildman–Crippen LogP) is 2.95. The Hall–Kier alpha value is -1.88. The van der Waals surface area contributed by atoms with Gasteiger partial charge in [-0.2, -0.15) is 0 Å². The van der Waals surface area contributed by atoms with Gasteiger partial charge in [-0.15, -0.1) is 11.3 Å². The van der Waals surface area contributed by atoms with Gasteiger partial charge in [-0.3, -0.25) is 4.79 Å². The number of aryl methyl sites for hydroxylation is 2. The van der Waals surface area contributed by atoms with Crippen molar-refractivity contribution in [1.82, 2.24) is 4.98 Å². The van der Waals surface area contributed by atoms with Crippen molar-refractivity contribution in [2.75, 3.05) is 12.4 Å². The SMILES string of the molecule is COc1ccccc1NC(=O)Cc1sc(C)nc1C. The Balaban J connectivity index is 2.07. The summed E-state index contributed by atoms with van der Waals surface area (Å²) in [5, 5.41) is 3.85. The number of nitrogens with zero attached hydrogens (tertiary/aromatic N) is 1. The molecule has 0 aliphatic carbocycles. The van der Waals surface area contributed by atoms with Crippen molar-refractivity contribution in [1.29, 1.82) is 0 Å². The molecule has 0 aliphatic heterocycles. The molecule has 1 aromatic carbocycles. The Kier molecular flexibility index (Phi) is 4.16. The summed E-state index contributed by atoms with van der Waals surface area (Å²) in [7, 11) is 1.59. The van der Waals surface area contributed by atoms with Crippen molar-refractivity contribution in [3.05, 3.63) is 39.8 Å². The summed E-state index contributed by atoms with van der Waals surface area (Å²) in [5.41, 5.74) is 1.62. The third kappa shape index (κ3) is 3.32. The maximum absolute atomic E-state index is 12.0. The Morgan fingerprint density at radius 3 is 2.74 bits per heavy atom. The van der Waals surface area contributed by atoms with Gasteiger partial charge >= 0.3 is 0 Å². The number of para-hydroxylation sites is 2. The van der Waals surface area contributed by atoms with Crippen LogP contribution in [0, 0.1) is 13.8 Å². The van der Waals surface area contributed by atoms with E-state index >= 15 is 0 Å². The monoisotopic (exact) mass is 276 g/mol. The average Bonchev–Trinajstić information content (AvgIpc) is 2.68. The van der Waals surface area contributed by atoms with Crippen LogP contribution in [0.15, 0.2) is 24.3 Å². The van der Waals surface area contributed by atoms with Crippen LogP contribution in [0.5, 0.6) is 5.75 Å². The number of hydrogen-bond acceptors (Lipinski definition) is 4. The highest BCUT2D eigenvalue weighted by Crippen LogP contribution is 2.24. The van der Waals surface area contributed by atoms with Crippen LogP contribution in [0.2, 0.25) is 0 Å². The molecule has 0 aliphatic rings. The van der Waals surface area contributed by atoms with Crippen LogP contribution in [0.25, 0.3) is 0 Å². The smallest absolute Gasteiger partial charge is 0.229 e. The molecule has 0 atom stereocenters. The Labute approximate surface area is 116 Å². The van der Waals surface area contributed by atoms with E-state index in [1.165, 1.54) is 0 Å². The van der Waals surface area contributed by atoms with Gasteiger partial charge in [-0.25, -0.2) is 4.98 Å². The molecule has 5 heteroatoms. The lowest BCUT2D eigenvalue weighted by molar-refractivity contribution is -0.115. The van der Waals surface area contributed by atoms with Crippen molar-refractivity contribution >= 4 is 22.9 Å². The van der Waals surface area contributed by atoms with E-state index < -0.39 is 0 Å². The zero-order valence-electron chi connectivity index (χ0n) is 11.2. The number of methoxy groups -OCH3 is 1. The molecule has 1 amide bonds. The molecule has 0 saturated carbocycles. The van der Waals surface area contributed by atoms with Gasteiger partial charge in [-0.05, 0) is 26.0 Å². The first kappa shape index (κ1) is 13.5. The van der Waals surface area contributed by atoms with Crippen LogP contribution in [0.4, 0.5) is 5.69 Å². The number of nitrogens with one attached hydrogen (secondary N) is 1. The molecule has 1 heterocycles. The first-order chi connectivity index (χ1) is 9.10. The van der Waals surface area contributed by atoms with E-state index in [-0.39, 0.29) is 5.91 Å². The van der Waals surface area contributed by atoms with Crippen molar-refractivity contribution < 1.29 is 9.53 Å². The topological polar surface area (TPSA) is 51.2 Å². The molecular formula is C14H16N2O2S. The van der Waals surface area contributed by atoms with Gasteiger partial charge in [0.05, 0.1) is 29.9 Å². The molecule has 4 nitrogen and oxygen atoms in total. The lowest BCUT2D eigenvalue weighted by atomic mass is 10.2. The summed E-state index contributed by atoms with van der Waals surface area (Å²) in [6.45, 7) is 3.87. The number of carbonyl (C=O) groups is 1. The lowest BCUT2D eigenvalue weighted by Crippen LogP contribution is -2.14. The largest absolute Gasteiger partial charge is 0.495 e. The van der Waals surface area contributed by atoms with Gasteiger partial charge in [0.2, 0.25) is 5.91 Å². The Morgan fingerprint density at radius 1 is 1.37 bits per heavy atom. The van der Waals surface area contributed by atoms with Crippen LogP contribution < -0.4 is 10.1 Å². The van der Waals surface area contributed by atoms with E-state index in [2.05, 4.69) is 10.3 Å². The first-order valence-corrected chi connectivity index (χ1v) is 6.77. The molecule has 0 bridgehead atoms. The number of thiazole rings is 1. The van der Waals surface area contributed by atoms with Crippen LogP contribution in [-0.4, -0.2) is 18.0 Å². The summed E-state index contributed by atoms with van der Waals surface area (Å²) in [5.74, 6) is 0.601. The number of benzene rings is 1. The average molecular weight is 276 g/mol. The van der Waals surface area contributed by atoms with Crippen molar-refractivity contribution in [3.63, 3.8) is 0 Å². The highest BCUT2D eigenvalue weighted by molar-refractivity contribution is 7.11. The lowest BCUT2D eigenvalue weighted by Gasteiger charge is -2.09. The second-order valence-corrected chi connectivity index (χ2v) is 5.45. The van der Waals surface area contributed by atoms with E-state index in [0.717, 1.165) is 15.6 Å². The van der Waals surface area contributed by atoms with E-state index in [4.69, 9.17) is 4.74 Å². The number of hydrogen-bond donors (Lipinski definition) is 1. The molecule has 2 aromatic rings. The number of amides is 1. The normalized spacial score (nSPS) is 10.3. The number of rotatable bonds is 4. The molecule has 0 unspecified atom stereocenters. The van der Waals surface area contributed by atoms with Crippen molar-refractivity contribution in [2.24, 2.45) is 0 Å². The van der Waals surface area contributed by atoms with Crippen LogP contribution in [0.3, 0.4) is 0 Å². The fraction of sp³-hybridized carbons (Fsp3) is 0.286. The summed E-state index contributed by atoms with van der Waals surface area (Å²) in [4.78, 5) is 17.3. The minimum Gasteiger partial charge on any atom is -0.495 e. The summed E-state index contributed by atoms with van der Waals surface area (Å²) in [6, 6.07) is 7.37. The summed E-state index contributed by atoms with van der Waals surface area (Å²) in [6.07, 6.45) is 0.343. The highest BCUT2D eigenvalue weighted by atomic mass is 32.1. The van der Waals surface area contributed by atoms with Gasteiger partial charge < -0.3 is 10.1 Å². The van der Waals surface area contributed by atoms with Gasteiger partial charge in [0.25, 0.3) is 0 Å². The molecular weight excluding hydrogens is 260 g/mol. The second kappa shape index (κ2) is 5.84. The Bertz CT molecular complexity index is 593. The van der Waals surface area contributed by atoms with Gasteiger partial charge in [0, 0.05) is 4.88 Å². The quantitative estimate of drug-likeness (QED) is 0.934. The highest BCUT2D eigenvalue weighted by Gasteiger charge is 2.12. The number of aromatic nitrogens is 1. The van der Waals surface area contributed by atoms with E-state index in [1.807, 2.05) is 38.1 Å². The molecule has 0 saturated heterocycles. The molecule has 0 spiro atoms. The van der Waals surface area contributed by atoms with Gasteiger partial charge in [-0.1, -0.05) is 12.1 Å². The fourth-order valence-corrected chi connectivity index (χ4v) is 2.76. The van der Waals surface area contributed by atoms with Crippen LogP contribution in [-0.2, 0) is 11.2 Å². The molecule has 1 aromatic heterocycles. The van der Waals surface area contributed by atoms with Gasteiger partial charge in [0.1, 0.15) is 5.75 Å². The minimum absolute atomic E-state index is 0.0590. The molecule has 100 valence electrons. The van der Waals surface area contributed by atoms with Crippen molar-refractivity contribution in [3.8, 4) is 5.75 Å². The number of ether oxygens (including phenoxy) is 1. The predicted molar refractivity (Wildman–Crippen MR) is 76.9 cm³/mol. The molecule has 19 heavy (non-hydrogen) atoms.